The Kier molecular flexibility index (Phi) is 12.4. The highest BCUT2D eigenvalue weighted by Gasteiger charge is 2.30. The summed E-state index contributed by atoms with van der Waals surface area (Å²) in [5.41, 5.74) is 0.884. The topological polar surface area (TPSA) is 117 Å². The molecule has 0 aliphatic rings. The molecule has 9 heteroatoms. The highest BCUT2D eigenvalue weighted by atomic mass is 32.2. The molecule has 4 N–H and O–H groups in total. The maximum absolute atomic E-state index is 13.8. The van der Waals surface area contributed by atoms with E-state index in [-0.39, 0.29) is 18.1 Å². The molecule has 0 heterocycles. The zero-order valence-corrected chi connectivity index (χ0v) is 27.2. The number of thioether (sulfide) groups is 1. The van der Waals surface area contributed by atoms with Crippen molar-refractivity contribution >= 4 is 29.7 Å². The summed E-state index contributed by atoms with van der Waals surface area (Å²) in [5, 5.41) is 20.3. The summed E-state index contributed by atoms with van der Waals surface area (Å²) in [5.74, 6) is -0.430. The van der Waals surface area contributed by atoms with Crippen LogP contribution in [0, 0.1) is 0 Å². The average Bonchev–Trinajstić information content (AvgIpc) is 2.94. The molecule has 0 saturated heterocycles. The smallest absolute Gasteiger partial charge is 0.408 e. The molecule has 3 amide bonds. The highest BCUT2D eigenvalue weighted by Crippen LogP contribution is 2.20. The minimum absolute atomic E-state index is 0.133. The van der Waals surface area contributed by atoms with E-state index in [1.54, 1.807) is 32.9 Å². The first-order chi connectivity index (χ1) is 20.7. The van der Waals surface area contributed by atoms with Crippen molar-refractivity contribution in [2.24, 2.45) is 0 Å². The molecular weight excluding hydrogens is 574 g/mol. The fourth-order valence-corrected chi connectivity index (χ4v) is 5.40. The Bertz CT molecular complexity index is 1370. The molecule has 44 heavy (non-hydrogen) atoms. The summed E-state index contributed by atoms with van der Waals surface area (Å²) in [7, 11) is 0. The Hall–Kier alpha value is -3.82. The molecule has 0 aliphatic carbocycles. The number of hydrogen-bond donors (Lipinski definition) is 4. The Morgan fingerprint density at radius 1 is 0.795 bits per heavy atom. The minimum atomic E-state index is -1.04. The first-order valence-electron chi connectivity index (χ1n) is 14.8. The summed E-state index contributed by atoms with van der Waals surface area (Å²) in [4.78, 5) is 40.5. The normalized spacial score (nSPS) is 13.7. The van der Waals surface area contributed by atoms with Crippen LogP contribution in [-0.4, -0.2) is 58.1 Å². The number of aliphatic hydroxyl groups is 1. The van der Waals surface area contributed by atoms with Gasteiger partial charge in [0.1, 0.15) is 11.6 Å². The second-order valence-electron chi connectivity index (χ2n) is 12.8. The van der Waals surface area contributed by atoms with Gasteiger partial charge in [-0.25, -0.2) is 4.79 Å². The Morgan fingerprint density at radius 3 is 2.00 bits per heavy atom. The van der Waals surface area contributed by atoms with Crippen LogP contribution in [0.3, 0.4) is 0 Å². The van der Waals surface area contributed by atoms with Gasteiger partial charge in [-0.3, -0.25) is 9.59 Å². The molecule has 3 aromatic carbocycles. The number of ether oxygens (including phenoxy) is 1. The molecule has 0 radical (unpaired) electrons. The van der Waals surface area contributed by atoms with Crippen LogP contribution in [0.1, 0.15) is 63.0 Å². The molecule has 8 nitrogen and oxygen atoms in total. The van der Waals surface area contributed by atoms with E-state index in [1.165, 1.54) is 11.8 Å². The van der Waals surface area contributed by atoms with Gasteiger partial charge in [-0.05, 0) is 77.3 Å². The highest BCUT2D eigenvalue weighted by molar-refractivity contribution is 7.99. The van der Waals surface area contributed by atoms with E-state index >= 15 is 0 Å². The Morgan fingerprint density at radius 2 is 1.39 bits per heavy atom. The molecule has 0 fully saturated rings. The lowest BCUT2D eigenvalue weighted by molar-refractivity contribution is -0.124. The third kappa shape index (κ3) is 12.1. The van der Waals surface area contributed by atoms with Gasteiger partial charge < -0.3 is 25.8 Å². The molecule has 236 valence electrons. The number of aliphatic hydroxyl groups excluding tert-OH is 1. The van der Waals surface area contributed by atoms with E-state index in [1.807, 2.05) is 93.6 Å². The van der Waals surface area contributed by atoms with Gasteiger partial charge in [0.05, 0.1) is 12.1 Å². The van der Waals surface area contributed by atoms with E-state index in [0.29, 0.717) is 17.5 Å². The molecule has 0 aliphatic heterocycles. The predicted octanol–water partition coefficient (Wildman–Crippen LogP) is 5.53. The molecule has 3 atom stereocenters. The summed E-state index contributed by atoms with van der Waals surface area (Å²) in [6.45, 7) is 11.0. The SMILES string of the molecule is CC(C)(C)NC(=O)c1ccccc1C[C@@H](O)[C@H](Cc1ccccc1)NC(=O)[C@@H](CSc1ccccc1)NC(=O)OC(C)(C)C. The zero-order chi connectivity index (χ0) is 32.3. The van der Waals surface area contributed by atoms with Crippen LogP contribution < -0.4 is 16.0 Å². The van der Waals surface area contributed by atoms with Crippen LogP contribution in [0.15, 0.2) is 89.8 Å². The quantitative estimate of drug-likeness (QED) is 0.198. The van der Waals surface area contributed by atoms with Gasteiger partial charge in [0.25, 0.3) is 5.91 Å². The van der Waals surface area contributed by atoms with Crippen LogP contribution in [0.2, 0.25) is 0 Å². The summed E-state index contributed by atoms with van der Waals surface area (Å²) >= 11 is 1.43. The maximum Gasteiger partial charge on any atom is 0.408 e. The van der Waals surface area contributed by atoms with Crippen molar-refractivity contribution in [3.63, 3.8) is 0 Å². The monoisotopic (exact) mass is 619 g/mol. The lowest BCUT2D eigenvalue weighted by Crippen LogP contribution is -2.55. The van der Waals surface area contributed by atoms with Crippen LogP contribution in [0.4, 0.5) is 4.79 Å². The second kappa shape index (κ2) is 15.8. The van der Waals surface area contributed by atoms with Crippen molar-refractivity contribution in [3.05, 3.63) is 102 Å². The van der Waals surface area contributed by atoms with Gasteiger partial charge in [0, 0.05) is 28.2 Å². The third-order valence-corrected chi connectivity index (χ3v) is 7.54. The fraction of sp³-hybridized carbons (Fsp3) is 0.400. The number of rotatable bonds is 12. The van der Waals surface area contributed by atoms with Crippen molar-refractivity contribution in [2.75, 3.05) is 5.75 Å². The summed E-state index contributed by atoms with van der Waals surface area (Å²) in [6.07, 6.45) is -1.26. The number of carbonyl (C=O) groups excluding carboxylic acids is 3. The number of nitrogens with one attached hydrogen (secondary N) is 3. The summed E-state index contributed by atoms with van der Waals surface area (Å²) in [6, 6.07) is 24.6. The van der Waals surface area contributed by atoms with Gasteiger partial charge in [-0.15, -0.1) is 11.8 Å². The van der Waals surface area contributed by atoms with Gasteiger partial charge >= 0.3 is 6.09 Å². The van der Waals surface area contributed by atoms with Crippen molar-refractivity contribution in [1.29, 1.82) is 0 Å². The first kappa shape index (κ1) is 34.7. The van der Waals surface area contributed by atoms with Gasteiger partial charge in [-0.1, -0.05) is 66.7 Å². The molecule has 0 bridgehead atoms. The number of hydrogen-bond acceptors (Lipinski definition) is 6. The zero-order valence-electron chi connectivity index (χ0n) is 26.4. The Labute approximate surface area is 265 Å². The lowest BCUT2D eigenvalue weighted by atomic mass is 9.93. The van der Waals surface area contributed by atoms with Crippen LogP contribution in [0.25, 0.3) is 0 Å². The van der Waals surface area contributed by atoms with Crippen molar-refractivity contribution in [2.45, 2.75) is 88.6 Å². The average molecular weight is 620 g/mol. The van der Waals surface area contributed by atoms with Gasteiger partial charge in [-0.2, -0.15) is 0 Å². The van der Waals surface area contributed by atoms with Gasteiger partial charge in [0.2, 0.25) is 5.91 Å². The first-order valence-corrected chi connectivity index (χ1v) is 15.8. The van der Waals surface area contributed by atoms with Crippen LogP contribution >= 0.6 is 11.8 Å². The predicted molar refractivity (Wildman–Crippen MR) is 176 cm³/mol. The number of carbonyl (C=O) groups is 3. The largest absolute Gasteiger partial charge is 0.444 e. The van der Waals surface area contributed by atoms with E-state index in [0.717, 1.165) is 10.5 Å². The molecule has 3 rings (SSSR count). The van der Waals surface area contributed by atoms with E-state index in [9.17, 15) is 19.5 Å². The summed E-state index contributed by atoms with van der Waals surface area (Å²) < 4.78 is 5.44. The standard InChI is InChI=1S/C35H45N3O5S/c1-34(2,3)38-31(40)27-20-14-13-17-25(27)22-30(39)28(21-24-15-9-7-10-16-24)36-32(41)29(37-33(42)43-35(4,5)6)23-44-26-18-11-8-12-19-26/h7-20,28-30,39H,21-23H2,1-6H3,(H,36,41)(H,37,42)(H,38,40)/t28-,29+,30+/m0/s1. The number of amides is 3. The van der Waals surface area contributed by atoms with Crippen molar-refractivity contribution < 1.29 is 24.2 Å². The molecular formula is C35H45N3O5S. The van der Waals surface area contributed by atoms with E-state index in [4.69, 9.17) is 4.74 Å². The second-order valence-corrected chi connectivity index (χ2v) is 13.9. The lowest BCUT2D eigenvalue weighted by Gasteiger charge is -2.28. The Balaban J connectivity index is 1.85. The number of benzene rings is 3. The maximum atomic E-state index is 13.8. The minimum Gasteiger partial charge on any atom is -0.444 e. The van der Waals surface area contributed by atoms with Gasteiger partial charge in [0.15, 0.2) is 0 Å². The molecule has 0 aromatic heterocycles. The van der Waals surface area contributed by atoms with Crippen LogP contribution in [0.5, 0.6) is 0 Å². The molecule has 0 spiro atoms. The third-order valence-electron chi connectivity index (χ3n) is 6.44. The van der Waals surface area contributed by atoms with Crippen LogP contribution in [-0.2, 0) is 22.4 Å². The van der Waals surface area contributed by atoms with E-state index in [2.05, 4.69) is 16.0 Å². The fourth-order valence-electron chi connectivity index (χ4n) is 4.46. The molecule has 3 aromatic rings. The molecule has 0 saturated carbocycles. The number of alkyl carbamates (subject to hydrolysis) is 1. The molecule has 0 unspecified atom stereocenters. The van der Waals surface area contributed by atoms with E-state index < -0.39 is 41.3 Å². The van der Waals surface area contributed by atoms with Crippen molar-refractivity contribution in [3.8, 4) is 0 Å². The van der Waals surface area contributed by atoms with Crippen molar-refractivity contribution in [1.82, 2.24) is 16.0 Å².